The molecule has 2 heterocycles. The van der Waals surface area contributed by atoms with Gasteiger partial charge in [-0.1, -0.05) is 0 Å². The maximum atomic E-state index is 11.9. The van der Waals surface area contributed by atoms with E-state index < -0.39 is 27.9 Å². The third-order valence-electron chi connectivity index (χ3n) is 6.00. The van der Waals surface area contributed by atoms with Crippen molar-refractivity contribution in [1.82, 2.24) is 5.06 Å². The molecule has 1 fully saturated rings. The van der Waals surface area contributed by atoms with Crippen LogP contribution in [0.2, 0.25) is 0 Å². The standard InChI is InChI=1S/C21H26N2O7S/c1-14-21(2,3)16-13-15(31(27,28)29)8-9-17(16)22(14)12-6-4-5-7-20(26)30-23-18(24)10-11-19(23)25/h8-9,13H,4-7,10-12H2,1-3H3/p+1. The van der Waals surface area contributed by atoms with Crippen LogP contribution in [0, 0.1) is 0 Å². The molecule has 3 rings (SSSR count). The molecular weight excluding hydrogens is 424 g/mol. The summed E-state index contributed by atoms with van der Waals surface area (Å²) in [4.78, 5) is 39.6. The highest BCUT2D eigenvalue weighted by atomic mass is 32.2. The number of imide groups is 1. The van der Waals surface area contributed by atoms with E-state index in [2.05, 4.69) is 4.58 Å². The van der Waals surface area contributed by atoms with Gasteiger partial charge in [0.05, 0.1) is 10.3 Å². The van der Waals surface area contributed by atoms with Crippen molar-refractivity contribution in [2.24, 2.45) is 0 Å². The van der Waals surface area contributed by atoms with E-state index in [9.17, 15) is 27.4 Å². The molecule has 9 nitrogen and oxygen atoms in total. The molecule has 1 N–H and O–H groups in total. The van der Waals surface area contributed by atoms with Crippen molar-refractivity contribution in [2.75, 3.05) is 6.54 Å². The molecule has 10 heteroatoms. The lowest BCUT2D eigenvalue weighted by molar-refractivity contribution is -0.439. The predicted molar refractivity (Wildman–Crippen MR) is 110 cm³/mol. The van der Waals surface area contributed by atoms with Gasteiger partial charge in [0.1, 0.15) is 6.54 Å². The summed E-state index contributed by atoms with van der Waals surface area (Å²) in [6, 6.07) is 4.62. The second-order valence-corrected chi connectivity index (χ2v) is 9.79. The fourth-order valence-corrected chi connectivity index (χ4v) is 4.44. The van der Waals surface area contributed by atoms with Crippen molar-refractivity contribution in [3.63, 3.8) is 0 Å². The van der Waals surface area contributed by atoms with Crippen molar-refractivity contribution in [2.45, 2.75) is 69.6 Å². The van der Waals surface area contributed by atoms with Crippen LogP contribution in [-0.4, -0.2) is 52.6 Å². The summed E-state index contributed by atoms with van der Waals surface area (Å²) in [5.74, 6) is -1.58. The van der Waals surface area contributed by atoms with E-state index >= 15 is 0 Å². The molecule has 2 aliphatic rings. The summed E-state index contributed by atoms with van der Waals surface area (Å²) >= 11 is 0. The van der Waals surface area contributed by atoms with Gasteiger partial charge in [0.2, 0.25) is 5.69 Å². The SMILES string of the molecule is CC1=[N+](CCCCCC(=O)ON2C(=O)CCC2=O)c2ccc(S(=O)(=O)O)cc2C1(C)C. The van der Waals surface area contributed by atoms with E-state index in [4.69, 9.17) is 4.84 Å². The fraction of sp³-hybridized carbons (Fsp3) is 0.524. The molecule has 0 radical (unpaired) electrons. The molecule has 0 saturated carbocycles. The molecule has 1 saturated heterocycles. The van der Waals surface area contributed by atoms with Crippen LogP contribution in [0.15, 0.2) is 23.1 Å². The number of nitrogens with zero attached hydrogens (tertiary/aromatic N) is 2. The topological polar surface area (TPSA) is 121 Å². The third-order valence-corrected chi connectivity index (χ3v) is 6.85. The zero-order valence-corrected chi connectivity index (χ0v) is 18.7. The van der Waals surface area contributed by atoms with E-state index in [1.54, 1.807) is 6.07 Å². The van der Waals surface area contributed by atoms with Gasteiger partial charge >= 0.3 is 5.97 Å². The Bertz CT molecular complexity index is 1060. The number of carbonyl (C=O) groups is 3. The van der Waals surface area contributed by atoms with Crippen molar-refractivity contribution in [1.29, 1.82) is 0 Å². The van der Waals surface area contributed by atoms with E-state index in [1.165, 1.54) is 12.1 Å². The Kier molecular flexibility index (Phi) is 6.33. The first-order chi connectivity index (χ1) is 14.4. The van der Waals surface area contributed by atoms with Gasteiger partial charge < -0.3 is 4.84 Å². The normalized spacial score (nSPS) is 18.0. The minimum Gasteiger partial charge on any atom is -0.330 e. The second-order valence-electron chi connectivity index (χ2n) is 8.37. The van der Waals surface area contributed by atoms with Crippen LogP contribution in [0.5, 0.6) is 0 Å². The van der Waals surface area contributed by atoms with E-state index in [-0.39, 0.29) is 29.6 Å². The molecule has 0 unspecified atom stereocenters. The minimum absolute atomic E-state index is 0.0708. The highest BCUT2D eigenvalue weighted by Crippen LogP contribution is 2.40. The average Bonchev–Trinajstić information content (AvgIpc) is 3.10. The number of carbonyl (C=O) groups excluding carboxylic acids is 3. The minimum atomic E-state index is -4.27. The number of unbranched alkanes of at least 4 members (excludes halogenated alkanes) is 2. The monoisotopic (exact) mass is 451 g/mol. The first-order valence-corrected chi connectivity index (χ1v) is 11.7. The zero-order valence-electron chi connectivity index (χ0n) is 17.9. The Morgan fingerprint density at radius 3 is 2.42 bits per heavy atom. The molecule has 0 atom stereocenters. The van der Waals surface area contributed by atoms with Gasteiger partial charge in [0.25, 0.3) is 21.9 Å². The van der Waals surface area contributed by atoms with Gasteiger partial charge in [-0.15, -0.1) is 5.06 Å². The molecule has 0 aromatic heterocycles. The first-order valence-electron chi connectivity index (χ1n) is 10.2. The Hall–Kier alpha value is -2.59. The number of benzene rings is 1. The lowest BCUT2D eigenvalue weighted by Crippen LogP contribution is -2.31. The molecule has 2 aliphatic heterocycles. The smallest absolute Gasteiger partial charge is 0.330 e. The Morgan fingerprint density at radius 2 is 1.81 bits per heavy atom. The van der Waals surface area contributed by atoms with Crippen LogP contribution in [0.1, 0.15) is 64.9 Å². The molecule has 31 heavy (non-hydrogen) atoms. The molecular formula is C21H27N2O7S+. The Morgan fingerprint density at radius 1 is 1.16 bits per heavy atom. The van der Waals surface area contributed by atoms with E-state index in [0.717, 1.165) is 29.8 Å². The highest BCUT2D eigenvalue weighted by Gasteiger charge is 2.43. The van der Waals surface area contributed by atoms with Gasteiger partial charge in [-0.05, 0) is 38.8 Å². The summed E-state index contributed by atoms with van der Waals surface area (Å²) in [6.07, 6.45) is 2.32. The number of amides is 2. The summed E-state index contributed by atoms with van der Waals surface area (Å²) in [5, 5.41) is 0.560. The van der Waals surface area contributed by atoms with Crippen molar-refractivity contribution >= 4 is 39.3 Å². The van der Waals surface area contributed by atoms with Crippen LogP contribution in [0.25, 0.3) is 0 Å². The van der Waals surface area contributed by atoms with E-state index in [0.29, 0.717) is 18.0 Å². The van der Waals surface area contributed by atoms with Gasteiger partial charge in [-0.2, -0.15) is 13.0 Å². The molecule has 1 aromatic carbocycles. The predicted octanol–water partition coefficient (Wildman–Crippen LogP) is 2.50. The number of rotatable bonds is 8. The van der Waals surface area contributed by atoms with Gasteiger partial charge in [-0.3, -0.25) is 14.1 Å². The van der Waals surface area contributed by atoms with Crippen LogP contribution < -0.4 is 0 Å². The molecule has 1 aromatic rings. The molecule has 0 spiro atoms. The zero-order chi connectivity index (χ0) is 23.0. The van der Waals surface area contributed by atoms with Gasteiger partial charge in [0.15, 0.2) is 5.71 Å². The van der Waals surface area contributed by atoms with Crippen molar-refractivity contribution < 1.29 is 36.8 Å². The average molecular weight is 452 g/mol. The molecule has 0 aliphatic carbocycles. The van der Waals surface area contributed by atoms with Gasteiger partial charge in [-0.25, -0.2) is 4.79 Å². The quantitative estimate of drug-likeness (QED) is 0.279. The number of hydrogen-bond acceptors (Lipinski definition) is 6. The molecule has 2 amide bonds. The van der Waals surface area contributed by atoms with Crippen molar-refractivity contribution in [3.8, 4) is 0 Å². The summed E-state index contributed by atoms with van der Waals surface area (Å²) in [6.45, 7) is 6.69. The largest absolute Gasteiger partial charge is 0.333 e. The maximum absolute atomic E-state index is 11.9. The summed E-state index contributed by atoms with van der Waals surface area (Å²) < 4.78 is 34.5. The first kappa shape index (κ1) is 23.1. The lowest BCUT2D eigenvalue weighted by atomic mass is 9.82. The third kappa shape index (κ3) is 4.69. The van der Waals surface area contributed by atoms with Crippen molar-refractivity contribution in [3.05, 3.63) is 23.8 Å². The van der Waals surface area contributed by atoms with E-state index in [1.807, 2.05) is 20.8 Å². The lowest BCUT2D eigenvalue weighted by Gasteiger charge is -2.15. The van der Waals surface area contributed by atoms with Crippen LogP contribution >= 0.6 is 0 Å². The maximum Gasteiger partial charge on any atom is 0.333 e. The highest BCUT2D eigenvalue weighted by molar-refractivity contribution is 7.85. The van der Waals surface area contributed by atoms with Crippen LogP contribution in [0.4, 0.5) is 5.69 Å². The number of hydroxylamine groups is 2. The summed E-state index contributed by atoms with van der Waals surface area (Å²) in [7, 11) is -4.27. The van der Waals surface area contributed by atoms with Gasteiger partial charge in [0, 0.05) is 44.2 Å². The number of fused-ring (bicyclic) bond motifs is 1. The van der Waals surface area contributed by atoms with Crippen LogP contribution in [0.3, 0.4) is 0 Å². The second kappa shape index (κ2) is 8.51. The Balaban J connectivity index is 1.55. The molecule has 168 valence electrons. The fourth-order valence-electron chi connectivity index (χ4n) is 3.93. The van der Waals surface area contributed by atoms with Crippen LogP contribution in [-0.2, 0) is 34.8 Å². The number of hydrogen-bond donors (Lipinski definition) is 1. The Labute approximate surface area is 181 Å². The summed E-state index contributed by atoms with van der Waals surface area (Å²) in [5.41, 5.74) is 2.43. The molecule has 0 bridgehead atoms.